The third-order valence-corrected chi connectivity index (χ3v) is 3.89. The van der Waals surface area contributed by atoms with Crippen LogP contribution < -0.4 is 5.73 Å². The van der Waals surface area contributed by atoms with Crippen LogP contribution in [0, 0.1) is 0 Å². The zero-order valence-corrected chi connectivity index (χ0v) is 13.7. The number of benzene rings is 1. The van der Waals surface area contributed by atoms with Crippen molar-refractivity contribution >= 4 is 5.69 Å². The van der Waals surface area contributed by atoms with Crippen molar-refractivity contribution < 1.29 is 0 Å². The summed E-state index contributed by atoms with van der Waals surface area (Å²) in [4.78, 5) is 2.30. The van der Waals surface area contributed by atoms with Gasteiger partial charge in [0, 0.05) is 6.54 Å². The van der Waals surface area contributed by atoms with Crippen LogP contribution in [0.5, 0.6) is 0 Å². The summed E-state index contributed by atoms with van der Waals surface area (Å²) in [5.41, 5.74) is 7.29. The average Bonchev–Trinajstić information content (AvgIpc) is 3.24. The van der Waals surface area contributed by atoms with Crippen LogP contribution in [0.25, 0.3) is 17.3 Å². The van der Waals surface area contributed by atoms with Crippen LogP contribution in [-0.4, -0.2) is 64.9 Å². The smallest absolute Gasteiger partial charge is 0.226 e. The van der Waals surface area contributed by atoms with Crippen molar-refractivity contribution in [3.8, 4) is 17.3 Å². The normalized spacial score (nSPS) is 11.3. The summed E-state index contributed by atoms with van der Waals surface area (Å²) in [6.07, 6.45) is 0. The largest absolute Gasteiger partial charge is 0.397 e. The van der Waals surface area contributed by atoms with Gasteiger partial charge in [-0.3, -0.25) is 0 Å². The predicted octanol–water partition coefficient (Wildman–Crippen LogP) is 0.240. The molecule has 0 aliphatic carbocycles. The Balaban J connectivity index is 1.91. The molecule has 0 fully saturated rings. The van der Waals surface area contributed by atoms with E-state index in [-0.39, 0.29) is 0 Å². The van der Waals surface area contributed by atoms with Crippen LogP contribution in [0.4, 0.5) is 5.69 Å². The van der Waals surface area contributed by atoms with Gasteiger partial charge < -0.3 is 10.6 Å². The maximum atomic E-state index is 6.03. The average molecular weight is 328 g/mol. The fraction of sp³-hybridized carbons (Fsp3) is 0.429. The van der Waals surface area contributed by atoms with Crippen LogP contribution in [0.1, 0.15) is 13.8 Å². The molecule has 0 aliphatic rings. The quantitative estimate of drug-likeness (QED) is 0.613. The number of likely N-dealkylation sites (N-methyl/N-ethyl adjacent to an activating group) is 1. The number of nitrogen functional groups attached to an aromatic ring is 1. The lowest BCUT2D eigenvalue weighted by Gasteiger charge is -2.17. The highest BCUT2D eigenvalue weighted by molar-refractivity contribution is 5.60. The van der Waals surface area contributed by atoms with Crippen molar-refractivity contribution in [3.05, 3.63) is 24.3 Å². The molecular weight excluding hydrogens is 308 g/mol. The SMILES string of the molecule is CCN(CC)CCn1nnnc1-c1nnnn1-c1ccccc1N. The summed E-state index contributed by atoms with van der Waals surface area (Å²) >= 11 is 0. The van der Waals surface area contributed by atoms with Gasteiger partial charge in [0.25, 0.3) is 0 Å². The van der Waals surface area contributed by atoms with Crippen molar-refractivity contribution in [1.29, 1.82) is 0 Å². The first-order chi connectivity index (χ1) is 11.7. The number of rotatable bonds is 7. The molecule has 0 unspecified atom stereocenters. The Labute approximate surface area is 139 Å². The van der Waals surface area contributed by atoms with E-state index in [0.29, 0.717) is 29.6 Å². The Morgan fingerprint density at radius 1 is 1.00 bits per heavy atom. The Hall–Kier alpha value is -2.88. The van der Waals surface area contributed by atoms with Crippen molar-refractivity contribution in [1.82, 2.24) is 45.3 Å². The van der Waals surface area contributed by atoms with Crippen molar-refractivity contribution in [2.75, 3.05) is 25.4 Å². The van der Waals surface area contributed by atoms with E-state index >= 15 is 0 Å². The van der Waals surface area contributed by atoms with Gasteiger partial charge in [0.2, 0.25) is 11.6 Å². The summed E-state index contributed by atoms with van der Waals surface area (Å²) in [6.45, 7) is 7.71. The Bertz CT molecular complexity index is 788. The van der Waals surface area contributed by atoms with E-state index in [9.17, 15) is 0 Å². The third kappa shape index (κ3) is 3.08. The maximum Gasteiger partial charge on any atom is 0.226 e. The van der Waals surface area contributed by atoms with E-state index in [1.165, 1.54) is 0 Å². The minimum Gasteiger partial charge on any atom is -0.397 e. The molecule has 24 heavy (non-hydrogen) atoms. The fourth-order valence-electron chi connectivity index (χ4n) is 2.46. The molecule has 10 nitrogen and oxygen atoms in total. The molecular formula is C14H20N10. The van der Waals surface area contributed by atoms with E-state index in [1.807, 2.05) is 18.2 Å². The highest BCUT2D eigenvalue weighted by atomic mass is 15.6. The predicted molar refractivity (Wildman–Crippen MR) is 88.2 cm³/mol. The zero-order valence-electron chi connectivity index (χ0n) is 13.7. The van der Waals surface area contributed by atoms with Crippen molar-refractivity contribution in [2.45, 2.75) is 20.4 Å². The third-order valence-electron chi connectivity index (χ3n) is 3.89. The summed E-state index contributed by atoms with van der Waals surface area (Å²) in [5, 5.41) is 23.8. The van der Waals surface area contributed by atoms with Crippen LogP contribution in [-0.2, 0) is 6.54 Å². The van der Waals surface area contributed by atoms with Gasteiger partial charge in [0.15, 0.2) is 0 Å². The molecule has 3 aromatic rings. The number of anilines is 1. The first kappa shape index (κ1) is 16.0. The number of tetrazole rings is 2. The molecule has 0 saturated heterocycles. The van der Waals surface area contributed by atoms with Crippen LogP contribution in [0.2, 0.25) is 0 Å². The molecule has 0 bridgehead atoms. The molecule has 0 aliphatic heterocycles. The highest BCUT2D eigenvalue weighted by Gasteiger charge is 2.19. The number of aromatic nitrogens is 8. The van der Waals surface area contributed by atoms with Gasteiger partial charge in [-0.25, -0.2) is 4.68 Å². The molecule has 0 atom stereocenters. The lowest BCUT2D eigenvalue weighted by Crippen LogP contribution is -2.27. The molecule has 0 saturated carbocycles. The number of nitrogens with zero attached hydrogens (tertiary/aromatic N) is 9. The Kier molecular flexibility index (Phi) is 4.75. The van der Waals surface area contributed by atoms with Crippen molar-refractivity contribution in [2.24, 2.45) is 0 Å². The van der Waals surface area contributed by atoms with Crippen LogP contribution in [0.3, 0.4) is 0 Å². The zero-order chi connectivity index (χ0) is 16.9. The van der Waals surface area contributed by atoms with E-state index in [1.54, 1.807) is 15.4 Å². The number of hydrogen-bond acceptors (Lipinski definition) is 8. The van der Waals surface area contributed by atoms with Gasteiger partial charge in [0.1, 0.15) is 0 Å². The fourth-order valence-corrected chi connectivity index (χ4v) is 2.46. The molecule has 2 heterocycles. The van der Waals surface area contributed by atoms with E-state index < -0.39 is 0 Å². The van der Waals surface area contributed by atoms with Crippen molar-refractivity contribution in [3.63, 3.8) is 0 Å². The number of para-hydroxylation sites is 2. The molecule has 0 spiro atoms. The molecule has 0 amide bonds. The molecule has 10 heteroatoms. The van der Waals surface area contributed by atoms with Gasteiger partial charge in [-0.15, -0.1) is 10.2 Å². The summed E-state index contributed by atoms with van der Waals surface area (Å²) in [6, 6.07) is 7.38. The summed E-state index contributed by atoms with van der Waals surface area (Å²) < 4.78 is 3.26. The maximum absolute atomic E-state index is 6.03. The molecule has 0 radical (unpaired) electrons. The minimum atomic E-state index is 0.456. The van der Waals surface area contributed by atoms with Gasteiger partial charge in [0.05, 0.1) is 17.9 Å². The first-order valence-electron chi connectivity index (χ1n) is 7.86. The number of hydrogen-bond donors (Lipinski definition) is 1. The van der Waals surface area contributed by atoms with E-state index in [4.69, 9.17) is 5.73 Å². The minimum absolute atomic E-state index is 0.456. The topological polar surface area (TPSA) is 116 Å². The molecule has 2 N–H and O–H groups in total. The van der Waals surface area contributed by atoms with Gasteiger partial charge in [-0.05, 0) is 46.1 Å². The van der Waals surface area contributed by atoms with Gasteiger partial charge >= 0.3 is 0 Å². The first-order valence-corrected chi connectivity index (χ1v) is 7.86. The van der Waals surface area contributed by atoms with Gasteiger partial charge in [-0.2, -0.15) is 4.68 Å². The second kappa shape index (κ2) is 7.13. The van der Waals surface area contributed by atoms with Gasteiger partial charge in [-0.1, -0.05) is 26.0 Å². The molecule has 3 rings (SSSR count). The van der Waals surface area contributed by atoms with Crippen LogP contribution >= 0.6 is 0 Å². The van der Waals surface area contributed by atoms with Crippen LogP contribution in [0.15, 0.2) is 24.3 Å². The monoisotopic (exact) mass is 328 g/mol. The summed E-state index contributed by atoms with van der Waals surface area (Å²) in [7, 11) is 0. The lowest BCUT2D eigenvalue weighted by molar-refractivity contribution is 0.284. The Morgan fingerprint density at radius 2 is 1.71 bits per heavy atom. The van der Waals surface area contributed by atoms with E-state index in [0.717, 1.165) is 19.6 Å². The second-order valence-corrected chi connectivity index (χ2v) is 5.23. The molecule has 126 valence electrons. The standard InChI is InChI=1S/C14H20N10/c1-3-22(4-2)9-10-23-13(16-18-20-23)14-17-19-21-24(14)12-8-6-5-7-11(12)15/h5-8H,3-4,9-10,15H2,1-2H3. The molecule has 2 aromatic heterocycles. The van der Waals surface area contributed by atoms with E-state index in [2.05, 4.69) is 49.8 Å². The lowest BCUT2D eigenvalue weighted by atomic mass is 10.3. The second-order valence-electron chi connectivity index (χ2n) is 5.23. The molecule has 1 aromatic carbocycles. The highest BCUT2D eigenvalue weighted by Crippen LogP contribution is 2.20. The summed E-state index contributed by atoms with van der Waals surface area (Å²) in [5.74, 6) is 0.966. The number of nitrogens with two attached hydrogens (primary N) is 1. The Morgan fingerprint density at radius 3 is 2.46 bits per heavy atom.